The summed E-state index contributed by atoms with van der Waals surface area (Å²) in [6.07, 6.45) is -0.348. The van der Waals surface area contributed by atoms with E-state index in [0.29, 0.717) is 28.9 Å². The average molecular weight is 901 g/mol. The van der Waals surface area contributed by atoms with Crippen LogP contribution in [0.5, 0.6) is 11.5 Å². The maximum Gasteiger partial charge on any atom is 0.411 e. The smallest absolute Gasteiger partial charge is 0.411 e. The van der Waals surface area contributed by atoms with Crippen molar-refractivity contribution in [3.8, 4) is 33.8 Å². The lowest BCUT2D eigenvalue weighted by Gasteiger charge is -2.27. The van der Waals surface area contributed by atoms with Crippen LogP contribution in [0.1, 0.15) is 57.8 Å². The number of Topliss-reactive ketones (excluding diaryl/α,β-unsaturated/α-hetero) is 2. The van der Waals surface area contributed by atoms with E-state index in [-0.39, 0.29) is 91.8 Å². The van der Waals surface area contributed by atoms with Gasteiger partial charge < -0.3 is 19.5 Å². The van der Waals surface area contributed by atoms with E-state index < -0.39 is 61.0 Å². The lowest BCUT2D eigenvalue weighted by molar-refractivity contribution is -0.123. The molecule has 19 heteroatoms. The van der Waals surface area contributed by atoms with Gasteiger partial charge in [0.1, 0.15) is 46.9 Å². The van der Waals surface area contributed by atoms with Gasteiger partial charge in [0.15, 0.2) is 5.78 Å². The molecule has 2 saturated heterocycles. The molecule has 10 nitrogen and oxygen atoms in total. The molecule has 1 N–H and O–H groups in total. The highest BCUT2D eigenvalue weighted by molar-refractivity contribution is 5.88. The Labute approximate surface area is 358 Å². The Morgan fingerprint density at radius 3 is 1.63 bits per heavy atom. The Morgan fingerprint density at radius 1 is 0.742 bits per heavy atom. The SMILES string of the molecule is CC(C)(C)OC(=O)N1C[C@H](F)C[C@H]1C(=O)CCc1cc(-c2ccc(OC(F)F)cc2)c(F)cn1.Cl.O=C(CCc1cc(-c2ccc(OC(F)F)cc2)c(F)cn1)[C@@H]1C[C@@H](F)CN1. The summed E-state index contributed by atoms with van der Waals surface area (Å²) in [7, 11) is 0. The number of amides is 1. The number of carbonyl (C=O) groups excluding carboxylic acids is 3. The van der Waals surface area contributed by atoms with Gasteiger partial charge in [-0.1, -0.05) is 24.3 Å². The zero-order chi connectivity index (χ0) is 44.4. The highest BCUT2D eigenvalue weighted by Crippen LogP contribution is 2.29. The molecular formula is C43H45ClF8N4O6. The van der Waals surface area contributed by atoms with Gasteiger partial charge in [-0.2, -0.15) is 17.6 Å². The number of pyridine rings is 2. The quantitative estimate of drug-likeness (QED) is 0.124. The summed E-state index contributed by atoms with van der Waals surface area (Å²) in [5, 5.41) is 2.84. The molecule has 1 amide bonds. The number of aromatic nitrogens is 2. The third kappa shape index (κ3) is 14.4. The van der Waals surface area contributed by atoms with Crippen LogP contribution < -0.4 is 14.8 Å². The molecule has 6 rings (SSSR count). The first-order valence-corrected chi connectivity index (χ1v) is 19.3. The molecule has 0 saturated carbocycles. The lowest BCUT2D eigenvalue weighted by atomic mass is 10.0. The highest BCUT2D eigenvalue weighted by atomic mass is 35.5. The number of ketones is 2. The van der Waals surface area contributed by atoms with Crippen molar-refractivity contribution < 1.29 is 63.7 Å². The molecule has 0 aliphatic carbocycles. The van der Waals surface area contributed by atoms with E-state index in [1.807, 2.05) is 0 Å². The molecule has 2 aliphatic heterocycles. The van der Waals surface area contributed by atoms with Crippen molar-refractivity contribution in [2.45, 2.75) is 103 Å². The zero-order valence-corrected chi connectivity index (χ0v) is 34.6. The van der Waals surface area contributed by atoms with Crippen molar-refractivity contribution in [3.05, 3.63) is 96.1 Å². The number of alkyl halides is 6. The number of benzene rings is 2. The minimum absolute atomic E-state index is 0. The molecule has 0 radical (unpaired) electrons. The molecule has 2 aromatic carbocycles. The Kier molecular flexibility index (Phi) is 17.6. The fraction of sp³-hybridized carbons (Fsp3) is 0.419. The van der Waals surface area contributed by atoms with Gasteiger partial charge in [0, 0.05) is 54.7 Å². The van der Waals surface area contributed by atoms with E-state index in [0.717, 1.165) is 17.3 Å². The molecule has 4 heterocycles. The summed E-state index contributed by atoms with van der Waals surface area (Å²) in [6, 6.07) is 12.6. The Bertz CT molecular complexity index is 2130. The van der Waals surface area contributed by atoms with Gasteiger partial charge in [0.25, 0.3) is 0 Å². The van der Waals surface area contributed by atoms with Crippen LogP contribution in [0.15, 0.2) is 73.1 Å². The number of hydrogen-bond acceptors (Lipinski definition) is 9. The monoisotopic (exact) mass is 900 g/mol. The van der Waals surface area contributed by atoms with Crippen LogP contribution in [-0.4, -0.2) is 88.9 Å². The van der Waals surface area contributed by atoms with Gasteiger partial charge in [0.05, 0.1) is 31.0 Å². The van der Waals surface area contributed by atoms with Crippen molar-refractivity contribution >= 4 is 30.1 Å². The van der Waals surface area contributed by atoms with E-state index in [4.69, 9.17) is 4.74 Å². The first kappa shape index (κ1) is 49.3. The summed E-state index contributed by atoms with van der Waals surface area (Å²) in [6.45, 7) is -0.881. The van der Waals surface area contributed by atoms with Gasteiger partial charge in [-0.15, -0.1) is 12.4 Å². The van der Waals surface area contributed by atoms with Crippen molar-refractivity contribution in [2.24, 2.45) is 0 Å². The Morgan fingerprint density at radius 2 is 1.21 bits per heavy atom. The van der Waals surface area contributed by atoms with E-state index in [1.54, 1.807) is 20.8 Å². The molecule has 2 aromatic heterocycles. The lowest BCUT2D eigenvalue weighted by Crippen LogP contribution is -2.43. The number of nitrogens with zero attached hydrogens (tertiary/aromatic N) is 3. The minimum Gasteiger partial charge on any atom is -0.444 e. The fourth-order valence-corrected chi connectivity index (χ4v) is 6.71. The number of aryl methyl sites for hydroxylation is 2. The number of ether oxygens (including phenoxy) is 3. The normalized spacial score (nSPS) is 18.5. The molecule has 62 heavy (non-hydrogen) atoms. The van der Waals surface area contributed by atoms with Crippen molar-refractivity contribution in [1.82, 2.24) is 20.2 Å². The van der Waals surface area contributed by atoms with Gasteiger partial charge in [-0.25, -0.2) is 22.4 Å². The number of carbonyl (C=O) groups is 3. The van der Waals surface area contributed by atoms with E-state index in [2.05, 4.69) is 24.8 Å². The van der Waals surface area contributed by atoms with Crippen LogP contribution >= 0.6 is 12.4 Å². The van der Waals surface area contributed by atoms with Crippen LogP contribution in [0, 0.1) is 11.6 Å². The summed E-state index contributed by atoms with van der Waals surface area (Å²) >= 11 is 0. The van der Waals surface area contributed by atoms with Crippen LogP contribution in [0.3, 0.4) is 0 Å². The molecular weight excluding hydrogens is 856 g/mol. The van der Waals surface area contributed by atoms with Gasteiger partial charge in [0.2, 0.25) is 0 Å². The standard InChI is InChI=1S/C24H26F4N2O4.C19H18F4N2O2.ClH/c1-24(2,3)34-23(32)30-13-15(25)10-20(30)21(31)9-6-16-11-18(19(26)12-29-16)14-4-7-17(8-5-14)33-22(27)28;20-12-7-17(25-9-12)18(26)6-3-13-8-15(16(21)10-24-13)11-1-4-14(5-2-11)27-19(22)23;/h4-5,7-8,11-12,15,20,22H,6,9-10,13H2,1-3H3;1-2,4-5,8,10,12,17,19,25H,3,6-7,9H2;1H/t15-,20+;12-,17+;/m11./s1. The van der Waals surface area contributed by atoms with Gasteiger partial charge in [-0.3, -0.25) is 24.5 Å². The number of halogens is 9. The largest absolute Gasteiger partial charge is 0.444 e. The first-order chi connectivity index (χ1) is 28.8. The predicted octanol–water partition coefficient (Wildman–Crippen LogP) is 9.45. The number of hydrogen-bond donors (Lipinski definition) is 1. The molecule has 0 unspecified atom stereocenters. The predicted molar refractivity (Wildman–Crippen MR) is 214 cm³/mol. The second-order valence-electron chi connectivity index (χ2n) is 15.3. The van der Waals surface area contributed by atoms with Crippen molar-refractivity contribution in [2.75, 3.05) is 13.1 Å². The molecule has 0 spiro atoms. The van der Waals surface area contributed by atoms with Crippen molar-refractivity contribution in [1.29, 1.82) is 0 Å². The number of likely N-dealkylation sites (tertiary alicyclic amines) is 1. The van der Waals surface area contributed by atoms with Crippen molar-refractivity contribution in [3.63, 3.8) is 0 Å². The molecule has 336 valence electrons. The zero-order valence-electron chi connectivity index (χ0n) is 33.8. The Hall–Kier alpha value is -5.36. The summed E-state index contributed by atoms with van der Waals surface area (Å²) < 4.78 is 119. The second-order valence-corrected chi connectivity index (χ2v) is 15.3. The Balaban J connectivity index is 0.000000275. The topological polar surface area (TPSA) is 120 Å². The van der Waals surface area contributed by atoms with E-state index in [9.17, 15) is 49.5 Å². The van der Waals surface area contributed by atoms with Crippen LogP contribution in [0.4, 0.5) is 39.9 Å². The molecule has 4 aromatic rings. The number of rotatable bonds is 14. The van der Waals surface area contributed by atoms with Gasteiger partial charge >= 0.3 is 19.3 Å². The average Bonchev–Trinajstić information content (AvgIpc) is 3.82. The third-order valence-corrected chi connectivity index (χ3v) is 9.58. The minimum atomic E-state index is -2.97. The van der Waals surface area contributed by atoms with E-state index >= 15 is 0 Å². The summed E-state index contributed by atoms with van der Waals surface area (Å²) in [5.41, 5.74) is 1.47. The second kappa shape index (κ2) is 22.1. The summed E-state index contributed by atoms with van der Waals surface area (Å²) in [4.78, 5) is 46.4. The summed E-state index contributed by atoms with van der Waals surface area (Å²) in [5.74, 6) is -1.71. The molecule has 0 bridgehead atoms. The van der Waals surface area contributed by atoms with E-state index in [1.165, 1.54) is 60.7 Å². The first-order valence-electron chi connectivity index (χ1n) is 19.3. The molecule has 4 atom stereocenters. The van der Waals surface area contributed by atoms with Crippen LogP contribution in [0.25, 0.3) is 22.3 Å². The molecule has 2 aliphatic rings. The van der Waals surface area contributed by atoms with Crippen LogP contribution in [-0.2, 0) is 27.2 Å². The van der Waals surface area contributed by atoms with Gasteiger partial charge in [-0.05, 0) is 81.1 Å². The maximum absolute atomic E-state index is 14.3. The number of nitrogens with one attached hydrogen (secondary N) is 1. The highest BCUT2D eigenvalue weighted by Gasteiger charge is 2.41. The maximum atomic E-state index is 14.3. The fourth-order valence-electron chi connectivity index (χ4n) is 6.71. The molecule has 2 fully saturated rings. The third-order valence-electron chi connectivity index (χ3n) is 9.58. The van der Waals surface area contributed by atoms with Crippen LogP contribution in [0.2, 0.25) is 0 Å².